The van der Waals surface area contributed by atoms with E-state index in [2.05, 4.69) is 37.4 Å². The van der Waals surface area contributed by atoms with Crippen LogP contribution in [0.15, 0.2) is 43.0 Å². The van der Waals surface area contributed by atoms with Gasteiger partial charge in [-0.2, -0.15) is 5.10 Å². The minimum absolute atomic E-state index is 0.0382. The van der Waals surface area contributed by atoms with E-state index in [4.69, 9.17) is 5.73 Å². The van der Waals surface area contributed by atoms with Crippen LogP contribution in [-0.4, -0.2) is 38.7 Å². The first kappa shape index (κ1) is 19.3. The summed E-state index contributed by atoms with van der Waals surface area (Å²) in [6.45, 7) is 2.87. The molecular formula is C24H27N7O. The van der Waals surface area contributed by atoms with Gasteiger partial charge in [-0.15, -0.1) is 0 Å². The molecule has 0 radical (unpaired) electrons. The molecule has 1 aliphatic heterocycles. The van der Waals surface area contributed by atoms with Crippen molar-refractivity contribution < 1.29 is 4.79 Å². The Morgan fingerprint density at radius 1 is 1.09 bits per heavy atom. The molecule has 2 unspecified atom stereocenters. The van der Waals surface area contributed by atoms with Crippen LogP contribution in [0.2, 0.25) is 0 Å². The Kier molecular flexibility index (Phi) is 4.59. The molecule has 1 amide bonds. The molecule has 1 saturated carbocycles. The molecule has 0 bridgehead atoms. The molecule has 8 heteroatoms. The van der Waals surface area contributed by atoms with Crippen LogP contribution in [0.3, 0.4) is 0 Å². The predicted octanol–water partition coefficient (Wildman–Crippen LogP) is 2.57. The van der Waals surface area contributed by atoms with Gasteiger partial charge in [0.15, 0.2) is 0 Å². The standard InChI is InChI=1S/C24H27N7O/c25-23-20-4-5-21(19(20)7-8-26-23)29-24(32)18-10-28-31(14-18)11-15-1-6-22(27-9-15)30-12-16-2-3-17(16)13-30/h1,6-10,14,16-17,21H,2-5,11-13H2,(H2,25,26)(H,29,32)/t16?,17?,21-/m1/s1. The maximum atomic E-state index is 12.8. The number of nitrogens with two attached hydrogens (primary N) is 1. The minimum atomic E-state index is -0.123. The van der Waals surface area contributed by atoms with Crippen molar-refractivity contribution in [3.05, 3.63) is 65.2 Å². The lowest BCUT2D eigenvalue weighted by molar-refractivity contribution is 0.0936. The van der Waals surface area contributed by atoms with Crippen molar-refractivity contribution in [1.29, 1.82) is 0 Å². The number of rotatable bonds is 5. The molecule has 1 saturated heterocycles. The van der Waals surface area contributed by atoms with Crippen molar-refractivity contribution in [2.75, 3.05) is 23.7 Å². The molecule has 8 nitrogen and oxygen atoms in total. The Bertz CT molecular complexity index is 1140. The normalized spacial score (nSPS) is 23.5. The van der Waals surface area contributed by atoms with E-state index in [-0.39, 0.29) is 11.9 Å². The van der Waals surface area contributed by atoms with Gasteiger partial charge in [-0.25, -0.2) is 9.97 Å². The zero-order valence-corrected chi connectivity index (χ0v) is 17.9. The van der Waals surface area contributed by atoms with Gasteiger partial charge < -0.3 is 16.0 Å². The van der Waals surface area contributed by atoms with Crippen LogP contribution in [0.5, 0.6) is 0 Å². The molecule has 6 rings (SSSR count). The number of carbonyl (C=O) groups excluding carboxylic acids is 1. The Hall–Kier alpha value is -3.42. The number of nitrogens with one attached hydrogen (secondary N) is 1. The van der Waals surface area contributed by atoms with Gasteiger partial charge in [-0.05, 0) is 66.3 Å². The van der Waals surface area contributed by atoms with Gasteiger partial charge in [0.1, 0.15) is 11.6 Å². The number of aromatic nitrogens is 4. The zero-order valence-electron chi connectivity index (χ0n) is 17.9. The first-order valence-electron chi connectivity index (χ1n) is 11.4. The van der Waals surface area contributed by atoms with Crippen molar-refractivity contribution in [2.24, 2.45) is 11.8 Å². The molecule has 2 fully saturated rings. The maximum absolute atomic E-state index is 12.8. The Balaban J connectivity index is 1.09. The van der Waals surface area contributed by atoms with E-state index in [0.29, 0.717) is 17.9 Å². The van der Waals surface area contributed by atoms with Crippen molar-refractivity contribution in [3.63, 3.8) is 0 Å². The number of nitrogen functional groups attached to an aromatic ring is 1. The number of fused-ring (bicyclic) bond motifs is 2. The van der Waals surface area contributed by atoms with E-state index < -0.39 is 0 Å². The highest BCUT2D eigenvalue weighted by Gasteiger charge is 2.39. The van der Waals surface area contributed by atoms with Crippen molar-refractivity contribution in [1.82, 2.24) is 25.1 Å². The average Bonchev–Trinajstić information content (AvgIpc) is 3.48. The fraction of sp³-hybridized carbons (Fsp3) is 0.417. The quantitative estimate of drug-likeness (QED) is 0.646. The van der Waals surface area contributed by atoms with Gasteiger partial charge in [-0.1, -0.05) is 6.07 Å². The summed E-state index contributed by atoms with van der Waals surface area (Å²) in [6, 6.07) is 6.12. The van der Waals surface area contributed by atoms with E-state index in [0.717, 1.165) is 60.3 Å². The second kappa shape index (κ2) is 7.62. The number of carbonyl (C=O) groups is 1. The van der Waals surface area contributed by atoms with Crippen LogP contribution < -0.4 is 16.0 Å². The molecule has 3 aliphatic rings. The summed E-state index contributed by atoms with van der Waals surface area (Å²) in [6.07, 6.45) is 11.4. The monoisotopic (exact) mass is 429 g/mol. The van der Waals surface area contributed by atoms with Crippen LogP contribution in [-0.2, 0) is 13.0 Å². The number of pyridine rings is 2. The molecule has 2 aliphatic carbocycles. The zero-order chi connectivity index (χ0) is 21.7. The molecule has 3 aromatic heterocycles. The topological polar surface area (TPSA) is 102 Å². The first-order valence-corrected chi connectivity index (χ1v) is 11.4. The van der Waals surface area contributed by atoms with Gasteiger partial charge in [0, 0.05) is 31.7 Å². The van der Waals surface area contributed by atoms with Crippen molar-refractivity contribution >= 4 is 17.5 Å². The third kappa shape index (κ3) is 3.39. The third-order valence-corrected chi connectivity index (χ3v) is 7.35. The largest absolute Gasteiger partial charge is 0.383 e. The molecule has 32 heavy (non-hydrogen) atoms. The number of hydrogen-bond donors (Lipinski definition) is 2. The second-order valence-corrected chi connectivity index (χ2v) is 9.28. The molecular weight excluding hydrogens is 402 g/mol. The Morgan fingerprint density at radius 3 is 2.69 bits per heavy atom. The number of anilines is 2. The summed E-state index contributed by atoms with van der Waals surface area (Å²) < 4.78 is 1.78. The van der Waals surface area contributed by atoms with Crippen LogP contribution in [0.1, 0.15) is 52.4 Å². The van der Waals surface area contributed by atoms with Crippen molar-refractivity contribution in [3.8, 4) is 0 Å². The molecule has 3 N–H and O–H groups in total. The summed E-state index contributed by atoms with van der Waals surface area (Å²) in [5.74, 6) is 3.25. The lowest BCUT2D eigenvalue weighted by Crippen LogP contribution is -2.26. The van der Waals surface area contributed by atoms with Gasteiger partial charge in [0.25, 0.3) is 5.91 Å². The number of nitrogens with zero attached hydrogens (tertiary/aromatic N) is 5. The number of hydrogen-bond acceptors (Lipinski definition) is 6. The fourth-order valence-electron chi connectivity index (χ4n) is 5.36. The van der Waals surface area contributed by atoms with Crippen LogP contribution in [0.4, 0.5) is 11.6 Å². The summed E-state index contributed by atoms with van der Waals surface area (Å²) in [5.41, 5.74) is 9.70. The van der Waals surface area contributed by atoms with Gasteiger partial charge in [0.2, 0.25) is 0 Å². The van der Waals surface area contributed by atoms with Crippen LogP contribution in [0.25, 0.3) is 0 Å². The third-order valence-electron chi connectivity index (χ3n) is 7.35. The molecule has 164 valence electrons. The summed E-state index contributed by atoms with van der Waals surface area (Å²) in [5, 5.41) is 7.49. The molecule has 0 aromatic carbocycles. The maximum Gasteiger partial charge on any atom is 0.254 e. The first-order chi connectivity index (χ1) is 15.6. The van der Waals surface area contributed by atoms with Gasteiger partial charge >= 0.3 is 0 Å². The van der Waals surface area contributed by atoms with Gasteiger partial charge in [0.05, 0.1) is 24.3 Å². The predicted molar refractivity (Wildman–Crippen MR) is 121 cm³/mol. The SMILES string of the molecule is Nc1nccc2c1CC[C@H]2NC(=O)c1cnn(Cc2ccc(N3CC4CCC4C3)nc2)c1. The van der Waals surface area contributed by atoms with Crippen molar-refractivity contribution in [2.45, 2.75) is 38.3 Å². The Morgan fingerprint density at radius 2 is 1.94 bits per heavy atom. The van der Waals surface area contributed by atoms with E-state index in [1.165, 1.54) is 12.8 Å². The summed E-state index contributed by atoms with van der Waals surface area (Å²) in [7, 11) is 0. The van der Waals surface area contributed by atoms with Crippen LogP contribution in [0, 0.1) is 11.8 Å². The highest BCUT2D eigenvalue weighted by Crippen LogP contribution is 2.41. The molecule has 0 spiro atoms. The summed E-state index contributed by atoms with van der Waals surface area (Å²) in [4.78, 5) is 24.0. The van der Waals surface area contributed by atoms with E-state index >= 15 is 0 Å². The smallest absolute Gasteiger partial charge is 0.254 e. The lowest BCUT2D eigenvalue weighted by atomic mass is 9.77. The molecule has 3 atom stereocenters. The highest BCUT2D eigenvalue weighted by atomic mass is 16.1. The second-order valence-electron chi connectivity index (χ2n) is 9.28. The number of amides is 1. The van der Waals surface area contributed by atoms with E-state index in [9.17, 15) is 4.79 Å². The van der Waals surface area contributed by atoms with E-state index in [1.54, 1.807) is 23.3 Å². The Labute approximate surface area is 186 Å². The lowest BCUT2D eigenvalue weighted by Gasteiger charge is -2.27. The summed E-state index contributed by atoms with van der Waals surface area (Å²) >= 11 is 0. The molecule has 3 aromatic rings. The highest BCUT2D eigenvalue weighted by molar-refractivity contribution is 5.94. The minimum Gasteiger partial charge on any atom is -0.383 e. The average molecular weight is 430 g/mol. The van der Waals surface area contributed by atoms with Crippen LogP contribution >= 0.6 is 0 Å². The van der Waals surface area contributed by atoms with E-state index in [1.807, 2.05) is 12.3 Å². The fourth-order valence-corrected chi connectivity index (χ4v) is 5.36. The molecule has 4 heterocycles. The van der Waals surface area contributed by atoms with Gasteiger partial charge in [-0.3, -0.25) is 9.48 Å².